The van der Waals surface area contributed by atoms with E-state index in [0.717, 1.165) is 0 Å². The summed E-state index contributed by atoms with van der Waals surface area (Å²) >= 11 is 3.91. The van der Waals surface area contributed by atoms with Crippen molar-refractivity contribution in [2.45, 2.75) is 44.0 Å². The van der Waals surface area contributed by atoms with Gasteiger partial charge in [-0.05, 0) is 13.3 Å². The number of nitrogens with two attached hydrogens (primary N) is 2. The van der Waals surface area contributed by atoms with E-state index >= 15 is 0 Å². The van der Waals surface area contributed by atoms with E-state index in [1.165, 1.54) is 6.92 Å². The number of carboxylic acid groups (broad SMARTS) is 1. The number of rotatable bonds is 10. The van der Waals surface area contributed by atoms with Crippen LogP contribution in [0.5, 0.6) is 0 Å². The summed E-state index contributed by atoms with van der Waals surface area (Å²) in [5, 5.41) is 22.6. The number of aliphatic carboxylic acids is 1. The third kappa shape index (κ3) is 7.81. The Balaban J connectivity index is 4.69. The van der Waals surface area contributed by atoms with Gasteiger partial charge in [-0.1, -0.05) is 0 Å². The summed E-state index contributed by atoms with van der Waals surface area (Å²) in [7, 11) is 0. The van der Waals surface area contributed by atoms with Gasteiger partial charge >= 0.3 is 5.97 Å². The number of hydrogen-bond acceptors (Lipinski definition) is 7. The van der Waals surface area contributed by atoms with Crippen molar-refractivity contribution < 1.29 is 29.4 Å². The van der Waals surface area contributed by atoms with Gasteiger partial charge in [0.05, 0.1) is 12.1 Å². The van der Waals surface area contributed by atoms with Crippen LogP contribution in [-0.4, -0.2) is 63.9 Å². The van der Waals surface area contributed by atoms with Crippen molar-refractivity contribution in [2.75, 3.05) is 5.75 Å². The second kappa shape index (κ2) is 10.0. The number of carbonyl (C=O) groups is 4. The molecule has 0 aliphatic carbocycles. The number of nitrogens with one attached hydrogen (secondary N) is 2. The molecule has 8 N–H and O–H groups in total. The number of amides is 3. The minimum absolute atomic E-state index is 0.00744. The Kier molecular flexibility index (Phi) is 9.22. The molecule has 0 aliphatic rings. The molecule has 23 heavy (non-hydrogen) atoms. The molecule has 11 heteroatoms. The van der Waals surface area contributed by atoms with Crippen LogP contribution in [0.25, 0.3) is 0 Å². The Labute approximate surface area is 138 Å². The Morgan fingerprint density at radius 1 is 1.17 bits per heavy atom. The molecule has 0 aromatic rings. The molecule has 0 aliphatic heterocycles. The Bertz CT molecular complexity index is 459. The monoisotopic (exact) mass is 350 g/mol. The van der Waals surface area contributed by atoms with E-state index in [9.17, 15) is 24.3 Å². The van der Waals surface area contributed by atoms with Crippen LogP contribution in [0.4, 0.5) is 0 Å². The molecule has 0 aromatic carbocycles. The molecular formula is C12H22N4O6S. The summed E-state index contributed by atoms with van der Waals surface area (Å²) in [5.74, 6) is -3.69. The fraction of sp³-hybridized carbons (Fsp3) is 0.667. The van der Waals surface area contributed by atoms with Crippen molar-refractivity contribution in [2.24, 2.45) is 11.5 Å². The summed E-state index contributed by atoms with van der Waals surface area (Å²) in [6, 6.07) is -3.72. The number of hydrogen-bond donors (Lipinski definition) is 7. The van der Waals surface area contributed by atoms with E-state index in [2.05, 4.69) is 23.3 Å². The molecule has 0 saturated heterocycles. The van der Waals surface area contributed by atoms with E-state index in [0.29, 0.717) is 0 Å². The number of primary amides is 1. The number of aliphatic hydroxyl groups excluding tert-OH is 1. The number of carbonyl (C=O) groups excluding carboxylic acids is 3. The molecule has 0 heterocycles. The Morgan fingerprint density at radius 3 is 2.13 bits per heavy atom. The van der Waals surface area contributed by atoms with Gasteiger partial charge < -0.3 is 32.3 Å². The molecule has 132 valence electrons. The topological polar surface area (TPSA) is 185 Å². The third-order valence-corrected chi connectivity index (χ3v) is 3.27. The van der Waals surface area contributed by atoms with E-state index in [-0.39, 0.29) is 18.6 Å². The van der Waals surface area contributed by atoms with Crippen LogP contribution in [0.2, 0.25) is 0 Å². The second-order valence-electron chi connectivity index (χ2n) is 4.92. The summed E-state index contributed by atoms with van der Waals surface area (Å²) in [5.41, 5.74) is 10.5. The SMILES string of the molecule is C[C@@H](O)[C@H](NC(=O)[C@H](CS)NC(=O)[C@@H](N)CCC(N)=O)C(=O)O. The molecule has 0 radical (unpaired) electrons. The van der Waals surface area contributed by atoms with Gasteiger partial charge in [0, 0.05) is 12.2 Å². The van der Waals surface area contributed by atoms with E-state index in [1.54, 1.807) is 0 Å². The number of thiol groups is 1. The molecule has 10 nitrogen and oxygen atoms in total. The van der Waals surface area contributed by atoms with Crippen LogP contribution in [0.1, 0.15) is 19.8 Å². The minimum Gasteiger partial charge on any atom is -0.480 e. The highest BCUT2D eigenvalue weighted by Crippen LogP contribution is 1.99. The van der Waals surface area contributed by atoms with Crippen molar-refractivity contribution in [1.29, 1.82) is 0 Å². The van der Waals surface area contributed by atoms with Gasteiger partial charge in [0.15, 0.2) is 6.04 Å². The van der Waals surface area contributed by atoms with Crippen molar-refractivity contribution in [1.82, 2.24) is 10.6 Å². The first-order chi connectivity index (χ1) is 10.6. The first-order valence-corrected chi connectivity index (χ1v) is 7.39. The molecular weight excluding hydrogens is 328 g/mol. The Hall–Kier alpha value is -1.85. The van der Waals surface area contributed by atoms with Gasteiger partial charge in [-0.25, -0.2) is 4.79 Å². The molecule has 0 aromatic heterocycles. The second-order valence-corrected chi connectivity index (χ2v) is 5.29. The number of aliphatic hydroxyl groups is 1. The molecule has 3 amide bonds. The number of carboxylic acids is 1. The average molecular weight is 350 g/mol. The van der Waals surface area contributed by atoms with Gasteiger partial charge in [0.1, 0.15) is 6.04 Å². The summed E-state index contributed by atoms with van der Waals surface area (Å²) in [6.45, 7) is 1.20. The van der Waals surface area contributed by atoms with Gasteiger partial charge in [0.2, 0.25) is 17.7 Å². The van der Waals surface area contributed by atoms with Crippen LogP contribution < -0.4 is 22.1 Å². The van der Waals surface area contributed by atoms with Crippen LogP contribution in [-0.2, 0) is 19.2 Å². The van der Waals surface area contributed by atoms with E-state index in [4.69, 9.17) is 16.6 Å². The fourth-order valence-corrected chi connectivity index (χ4v) is 1.80. The molecule has 0 spiro atoms. The lowest BCUT2D eigenvalue weighted by atomic mass is 10.1. The lowest BCUT2D eigenvalue weighted by Gasteiger charge is -2.22. The highest BCUT2D eigenvalue weighted by atomic mass is 32.1. The first-order valence-electron chi connectivity index (χ1n) is 6.76. The summed E-state index contributed by atoms with van der Waals surface area (Å²) in [6.07, 6.45) is -1.41. The molecule has 0 bridgehead atoms. The van der Waals surface area contributed by atoms with Crippen LogP contribution in [0.15, 0.2) is 0 Å². The zero-order chi connectivity index (χ0) is 18.2. The third-order valence-electron chi connectivity index (χ3n) is 2.90. The van der Waals surface area contributed by atoms with Crippen molar-refractivity contribution >= 4 is 36.3 Å². The van der Waals surface area contributed by atoms with Crippen LogP contribution in [0, 0.1) is 0 Å². The highest BCUT2D eigenvalue weighted by molar-refractivity contribution is 7.80. The fourth-order valence-electron chi connectivity index (χ4n) is 1.54. The smallest absolute Gasteiger partial charge is 0.328 e. The van der Waals surface area contributed by atoms with E-state index in [1.807, 2.05) is 0 Å². The maximum atomic E-state index is 12.0. The first kappa shape index (κ1) is 21.1. The average Bonchev–Trinajstić information content (AvgIpc) is 2.46. The van der Waals surface area contributed by atoms with Crippen molar-refractivity contribution in [3.63, 3.8) is 0 Å². The summed E-state index contributed by atoms with van der Waals surface area (Å²) in [4.78, 5) is 45.3. The van der Waals surface area contributed by atoms with Crippen molar-refractivity contribution in [3.05, 3.63) is 0 Å². The maximum absolute atomic E-state index is 12.0. The zero-order valence-corrected chi connectivity index (χ0v) is 13.5. The zero-order valence-electron chi connectivity index (χ0n) is 12.6. The molecule has 0 rings (SSSR count). The lowest BCUT2D eigenvalue weighted by Crippen LogP contribution is -2.57. The van der Waals surface area contributed by atoms with E-state index < -0.39 is 47.9 Å². The largest absolute Gasteiger partial charge is 0.480 e. The quantitative estimate of drug-likeness (QED) is 0.204. The predicted molar refractivity (Wildman–Crippen MR) is 83.4 cm³/mol. The van der Waals surface area contributed by atoms with Gasteiger partial charge in [0.25, 0.3) is 0 Å². The Morgan fingerprint density at radius 2 is 1.74 bits per heavy atom. The van der Waals surface area contributed by atoms with Crippen LogP contribution >= 0.6 is 12.6 Å². The molecule has 0 unspecified atom stereocenters. The van der Waals surface area contributed by atoms with Crippen LogP contribution in [0.3, 0.4) is 0 Å². The maximum Gasteiger partial charge on any atom is 0.328 e. The molecule has 0 saturated carbocycles. The molecule has 4 atom stereocenters. The van der Waals surface area contributed by atoms with Gasteiger partial charge in [-0.2, -0.15) is 12.6 Å². The summed E-state index contributed by atoms with van der Waals surface area (Å²) < 4.78 is 0. The van der Waals surface area contributed by atoms with Gasteiger partial charge in [-0.15, -0.1) is 0 Å². The minimum atomic E-state index is -1.52. The van der Waals surface area contributed by atoms with Crippen molar-refractivity contribution in [3.8, 4) is 0 Å². The predicted octanol–water partition coefficient (Wildman–Crippen LogP) is -3.06. The van der Waals surface area contributed by atoms with Gasteiger partial charge in [-0.3, -0.25) is 14.4 Å². The molecule has 0 fully saturated rings. The highest BCUT2D eigenvalue weighted by Gasteiger charge is 2.29. The lowest BCUT2D eigenvalue weighted by molar-refractivity contribution is -0.145. The standard InChI is InChI=1S/C12H22N4O6S/c1-5(17)9(12(21)22)16-11(20)7(4-23)15-10(19)6(13)2-3-8(14)18/h5-7,9,17,23H,2-4,13H2,1H3,(H2,14,18)(H,15,19)(H,16,20)(H,21,22)/t5-,6+,7+,9+/m1/s1. The normalized spacial score (nSPS) is 15.8.